The molecular weight excluding hydrogens is 352 g/mol. The molecular formula is C23H31N2O3+. The van der Waals surface area contributed by atoms with Crippen LogP contribution in [0.1, 0.15) is 60.0 Å². The number of primary amides is 1. The third-order valence-electron chi connectivity index (χ3n) is 8.39. The predicted octanol–water partition coefficient (Wildman–Crippen LogP) is 2.39. The number of aliphatic hydroxyl groups is 1. The minimum absolute atomic E-state index is 0.0186. The summed E-state index contributed by atoms with van der Waals surface area (Å²) in [4.78, 5) is 11.9. The number of piperidine rings is 1. The van der Waals surface area contributed by atoms with E-state index in [0.29, 0.717) is 12.8 Å². The molecule has 1 aliphatic heterocycles. The van der Waals surface area contributed by atoms with Crippen LogP contribution in [0.5, 0.6) is 5.75 Å². The van der Waals surface area contributed by atoms with Gasteiger partial charge in [-0.05, 0) is 43.7 Å². The highest BCUT2D eigenvalue weighted by Gasteiger charge is 2.69. The van der Waals surface area contributed by atoms with E-state index >= 15 is 0 Å². The molecule has 3 fully saturated rings. The first kappa shape index (κ1) is 18.2. The summed E-state index contributed by atoms with van der Waals surface area (Å²) in [6.07, 6.45) is 6.31. The lowest BCUT2D eigenvalue weighted by atomic mass is 9.48. The first-order valence-electron chi connectivity index (χ1n) is 10.6. The van der Waals surface area contributed by atoms with Crippen molar-refractivity contribution in [1.29, 1.82) is 0 Å². The van der Waals surface area contributed by atoms with Gasteiger partial charge in [-0.2, -0.15) is 0 Å². The smallest absolute Gasteiger partial charge is 0.252 e. The molecule has 150 valence electrons. The number of nitrogens with zero attached hydrogens (tertiary/aromatic N) is 1. The maximum Gasteiger partial charge on any atom is 0.252 e. The number of hydrogen-bond donors (Lipinski definition) is 3. The Labute approximate surface area is 166 Å². The molecule has 1 amide bonds. The van der Waals surface area contributed by atoms with Crippen molar-refractivity contribution in [3.8, 4) is 5.75 Å². The van der Waals surface area contributed by atoms with Crippen molar-refractivity contribution in [2.24, 2.45) is 11.7 Å². The lowest BCUT2D eigenvalue weighted by Crippen LogP contribution is -2.78. The van der Waals surface area contributed by atoms with Crippen molar-refractivity contribution in [1.82, 2.24) is 0 Å². The number of aromatic hydroxyl groups is 1. The normalized spacial score (nSPS) is 39.2. The second-order valence-corrected chi connectivity index (χ2v) is 10.1. The second-order valence-electron chi connectivity index (χ2n) is 10.1. The third kappa shape index (κ3) is 2.23. The number of benzene rings is 1. The highest BCUT2D eigenvalue weighted by atomic mass is 16.3. The van der Waals surface area contributed by atoms with Crippen LogP contribution in [0.25, 0.3) is 0 Å². The summed E-state index contributed by atoms with van der Waals surface area (Å²) in [5.74, 6) is 0.142. The van der Waals surface area contributed by atoms with Crippen LogP contribution in [0.3, 0.4) is 0 Å². The van der Waals surface area contributed by atoms with Gasteiger partial charge in [0.25, 0.3) is 5.91 Å². The molecule has 0 spiro atoms. The van der Waals surface area contributed by atoms with Crippen LogP contribution >= 0.6 is 0 Å². The Bertz CT molecular complexity index is 892. The molecule has 1 unspecified atom stereocenters. The number of likely N-dealkylation sites (tertiary alicyclic amines) is 1. The lowest BCUT2D eigenvalue weighted by molar-refractivity contribution is -0.950. The summed E-state index contributed by atoms with van der Waals surface area (Å²) in [7, 11) is 2.32. The molecule has 2 saturated carbocycles. The fourth-order valence-electron chi connectivity index (χ4n) is 6.85. The number of amides is 1. The minimum Gasteiger partial charge on any atom is -0.507 e. The average molecular weight is 384 g/mol. The SMILES string of the molecule is C=C1CC[C@@]2(O)[C@H]3Cc4ccc(C(N)=O)c(O)c4[C@@]2(CC[N+]3(C)CC2CC2)C1. The number of hydrogen-bond acceptors (Lipinski definition) is 3. The number of rotatable bonds is 3. The Morgan fingerprint density at radius 3 is 2.79 bits per heavy atom. The van der Waals surface area contributed by atoms with Gasteiger partial charge in [0.15, 0.2) is 0 Å². The summed E-state index contributed by atoms with van der Waals surface area (Å²) in [6.45, 7) is 6.36. The van der Waals surface area contributed by atoms with Gasteiger partial charge >= 0.3 is 0 Å². The van der Waals surface area contributed by atoms with Crippen molar-refractivity contribution in [2.75, 3.05) is 20.1 Å². The molecule has 4 N–H and O–H groups in total. The maximum absolute atomic E-state index is 12.3. The van der Waals surface area contributed by atoms with Crippen LogP contribution in [0.2, 0.25) is 0 Å². The summed E-state index contributed by atoms with van der Waals surface area (Å²) in [5, 5.41) is 23.4. The van der Waals surface area contributed by atoms with Gasteiger partial charge in [0.2, 0.25) is 0 Å². The van der Waals surface area contributed by atoms with Crippen LogP contribution in [0.4, 0.5) is 0 Å². The molecule has 4 atom stereocenters. The summed E-state index contributed by atoms with van der Waals surface area (Å²) in [5.41, 5.74) is 7.17. The monoisotopic (exact) mass is 383 g/mol. The third-order valence-corrected chi connectivity index (χ3v) is 8.39. The zero-order valence-corrected chi connectivity index (χ0v) is 16.7. The predicted molar refractivity (Wildman–Crippen MR) is 107 cm³/mol. The fraction of sp³-hybridized carbons (Fsp3) is 0.609. The fourth-order valence-corrected chi connectivity index (χ4v) is 6.85. The molecule has 0 aromatic heterocycles. The van der Waals surface area contributed by atoms with Gasteiger partial charge in [-0.1, -0.05) is 18.2 Å². The zero-order chi connectivity index (χ0) is 19.9. The molecule has 5 heteroatoms. The number of phenols is 1. The van der Waals surface area contributed by atoms with Gasteiger partial charge in [0.05, 0.1) is 25.7 Å². The zero-order valence-electron chi connectivity index (χ0n) is 16.7. The summed E-state index contributed by atoms with van der Waals surface area (Å²) in [6, 6.07) is 3.71. The molecule has 28 heavy (non-hydrogen) atoms. The number of carbonyl (C=O) groups is 1. The van der Waals surface area contributed by atoms with E-state index in [9.17, 15) is 15.0 Å². The molecule has 1 heterocycles. The van der Waals surface area contributed by atoms with Gasteiger partial charge < -0.3 is 20.4 Å². The number of likely N-dealkylation sites (N-methyl/N-ethyl adjacent to an activating group) is 1. The van der Waals surface area contributed by atoms with Crippen LogP contribution in [-0.2, 0) is 11.8 Å². The Kier molecular flexibility index (Phi) is 3.64. The number of carbonyl (C=O) groups excluding carboxylic acids is 1. The van der Waals surface area contributed by atoms with Crippen molar-refractivity contribution >= 4 is 5.91 Å². The molecule has 3 aliphatic carbocycles. The standard InChI is InChI=1S/C23H30N2O3/c1-14-7-8-23(28)18-11-16-5-6-17(21(24)27)20(26)19(16)22(23,12-14)9-10-25(18,2)13-15-3-4-15/h5-6,15,18,28H,1,3-4,7-13H2,2H3,(H2-,24,26,27)/p+1/t18-,22-,23-,25?/m1/s1. The molecule has 2 bridgehead atoms. The summed E-state index contributed by atoms with van der Waals surface area (Å²) < 4.78 is 0.910. The second kappa shape index (κ2) is 5.61. The van der Waals surface area contributed by atoms with Crippen molar-refractivity contribution in [2.45, 2.75) is 62.0 Å². The molecule has 5 nitrogen and oxygen atoms in total. The van der Waals surface area contributed by atoms with E-state index in [0.717, 1.165) is 59.5 Å². The minimum atomic E-state index is -0.892. The maximum atomic E-state index is 12.3. The average Bonchev–Trinajstić information content (AvgIpc) is 3.43. The van der Waals surface area contributed by atoms with Gasteiger partial charge in [-0.3, -0.25) is 4.79 Å². The Morgan fingerprint density at radius 1 is 1.36 bits per heavy atom. The van der Waals surface area contributed by atoms with Crippen LogP contribution in [0.15, 0.2) is 24.3 Å². The van der Waals surface area contributed by atoms with Crippen LogP contribution < -0.4 is 5.73 Å². The molecule has 0 radical (unpaired) electrons. The van der Waals surface area contributed by atoms with Crippen molar-refractivity contribution in [3.63, 3.8) is 0 Å². The van der Waals surface area contributed by atoms with Crippen LogP contribution in [0, 0.1) is 5.92 Å². The van der Waals surface area contributed by atoms with E-state index in [1.807, 2.05) is 6.07 Å². The van der Waals surface area contributed by atoms with E-state index in [1.54, 1.807) is 6.07 Å². The van der Waals surface area contributed by atoms with E-state index in [1.165, 1.54) is 12.8 Å². The Hall–Kier alpha value is -1.85. The Balaban J connectivity index is 1.73. The molecule has 4 aliphatic rings. The van der Waals surface area contributed by atoms with Crippen molar-refractivity contribution < 1.29 is 19.5 Å². The van der Waals surface area contributed by atoms with Gasteiger partial charge in [-0.25, -0.2) is 0 Å². The van der Waals surface area contributed by atoms with Crippen molar-refractivity contribution in [3.05, 3.63) is 41.0 Å². The van der Waals surface area contributed by atoms with Gasteiger partial charge in [0.1, 0.15) is 17.4 Å². The molecule has 1 aromatic carbocycles. The van der Waals surface area contributed by atoms with E-state index in [2.05, 4.69) is 13.6 Å². The number of quaternary nitrogens is 1. The lowest BCUT2D eigenvalue weighted by Gasteiger charge is -2.65. The molecule has 1 aromatic rings. The van der Waals surface area contributed by atoms with E-state index < -0.39 is 16.9 Å². The largest absolute Gasteiger partial charge is 0.507 e. The quantitative estimate of drug-likeness (QED) is 0.554. The van der Waals surface area contributed by atoms with Gasteiger partial charge in [-0.15, -0.1) is 0 Å². The number of fused-ring (bicyclic) bond motifs is 1. The number of nitrogens with two attached hydrogens (primary N) is 1. The first-order chi connectivity index (χ1) is 13.2. The highest BCUT2D eigenvalue weighted by Crippen LogP contribution is 2.62. The van der Waals surface area contributed by atoms with Gasteiger partial charge in [0, 0.05) is 29.7 Å². The first-order valence-corrected chi connectivity index (χ1v) is 10.6. The number of allylic oxidation sites excluding steroid dienone is 1. The highest BCUT2D eigenvalue weighted by molar-refractivity contribution is 5.96. The van der Waals surface area contributed by atoms with Crippen LogP contribution in [-0.4, -0.2) is 52.4 Å². The summed E-state index contributed by atoms with van der Waals surface area (Å²) >= 11 is 0. The van der Waals surface area contributed by atoms with E-state index in [-0.39, 0.29) is 17.4 Å². The molecule has 1 saturated heterocycles. The Morgan fingerprint density at radius 2 is 2.11 bits per heavy atom. The van der Waals surface area contributed by atoms with E-state index in [4.69, 9.17) is 5.73 Å². The molecule has 5 rings (SSSR count). The topological polar surface area (TPSA) is 83.5 Å².